The molecule has 0 atom stereocenters. The van der Waals surface area contributed by atoms with Crippen molar-refractivity contribution < 1.29 is 14.0 Å². The molecule has 1 aromatic carbocycles. The summed E-state index contributed by atoms with van der Waals surface area (Å²) in [5.41, 5.74) is 9.98. The number of rotatable bonds is 4. The van der Waals surface area contributed by atoms with Gasteiger partial charge in [-0.05, 0) is 32.0 Å². The van der Waals surface area contributed by atoms with Gasteiger partial charge in [0.25, 0.3) is 5.91 Å². The fourth-order valence-corrected chi connectivity index (χ4v) is 1.60. The number of hydrogen-bond acceptors (Lipinski definition) is 3. The van der Waals surface area contributed by atoms with E-state index in [0.717, 1.165) is 12.1 Å². The molecule has 18 heavy (non-hydrogen) atoms. The molecule has 0 saturated heterocycles. The zero-order chi connectivity index (χ0) is 13.9. The van der Waals surface area contributed by atoms with Crippen LogP contribution in [0.15, 0.2) is 18.2 Å². The fourth-order valence-electron chi connectivity index (χ4n) is 1.60. The van der Waals surface area contributed by atoms with Gasteiger partial charge in [0.1, 0.15) is 5.82 Å². The van der Waals surface area contributed by atoms with Gasteiger partial charge < -0.3 is 16.8 Å². The van der Waals surface area contributed by atoms with Crippen molar-refractivity contribution in [1.29, 1.82) is 0 Å². The molecule has 0 bridgehead atoms. The summed E-state index contributed by atoms with van der Waals surface area (Å²) in [6.07, 6.45) is -0.0104. The van der Waals surface area contributed by atoms with Crippen LogP contribution in [0, 0.1) is 5.82 Å². The minimum atomic E-state index is -0.802. The van der Waals surface area contributed by atoms with Crippen LogP contribution in [0.5, 0.6) is 0 Å². The van der Waals surface area contributed by atoms with Crippen molar-refractivity contribution in [2.75, 3.05) is 5.73 Å². The highest BCUT2D eigenvalue weighted by molar-refractivity contribution is 5.95. The van der Waals surface area contributed by atoms with Crippen molar-refractivity contribution in [2.45, 2.75) is 25.8 Å². The first-order chi connectivity index (χ1) is 8.19. The smallest absolute Gasteiger partial charge is 0.251 e. The lowest BCUT2D eigenvalue weighted by molar-refractivity contribution is -0.119. The second kappa shape index (κ2) is 5.03. The van der Waals surface area contributed by atoms with Gasteiger partial charge in [0.05, 0.1) is 0 Å². The van der Waals surface area contributed by atoms with E-state index < -0.39 is 23.2 Å². The third-order valence-corrected chi connectivity index (χ3v) is 2.25. The summed E-state index contributed by atoms with van der Waals surface area (Å²) in [6, 6.07) is 3.55. The van der Waals surface area contributed by atoms with Crippen molar-refractivity contribution >= 4 is 17.5 Å². The molecule has 0 saturated carbocycles. The van der Waals surface area contributed by atoms with Crippen LogP contribution in [0.4, 0.5) is 10.1 Å². The van der Waals surface area contributed by atoms with Crippen LogP contribution in [0.1, 0.15) is 30.6 Å². The molecule has 0 aliphatic rings. The minimum absolute atomic E-state index is 0.0104. The van der Waals surface area contributed by atoms with Crippen molar-refractivity contribution in [1.82, 2.24) is 5.32 Å². The number of halogens is 1. The maximum Gasteiger partial charge on any atom is 0.251 e. The van der Waals surface area contributed by atoms with Crippen molar-refractivity contribution in [3.63, 3.8) is 0 Å². The molecule has 2 amide bonds. The molecular weight excluding hydrogens is 237 g/mol. The van der Waals surface area contributed by atoms with Crippen LogP contribution in [-0.2, 0) is 4.79 Å². The normalized spacial score (nSPS) is 11.1. The lowest BCUT2D eigenvalue weighted by Gasteiger charge is -2.24. The maximum atomic E-state index is 13.1. The van der Waals surface area contributed by atoms with E-state index in [1.165, 1.54) is 6.07 Å². The molecule has 0 aromatic heterocycles. The Labute approximate surface area is 104 Å². The number of carbonyl (C=O) groups excluding carboxylic acids is 2. The van der Waals surface area contributed by atoms with Crippen molar-refractivity contribution in [2.24, 2.45) is 5.73 Å². The Morgan fingerprint density at radius 1 is 1.33 bits per heavy atom. The van der Waals surface area contributed by atoms with Crippen LogP contribution in [0.2, 0.25) is 0 Å². The third-order valence-electron chi connectivity index (χ3n) is 2.25. The summed E-state index contributed by atoms with van der Waals surface area (Å²) < 4.78 is 13.1. The van der Waals surface area contributed by atoms with Gasteiger partial charge in [0, 0.05) is 23.2 Å². The average molecular weight is 253 g/mol. The summed E-state index contributed by atoms with van der Waals surface area (Å²) in [7, 11) is 0. The first-order valence-electron chi connectivity index (χ1n) is 5.36. The largest absolute Gasteiger partial charge is 0.399 e. The molecule has 0 heterocycles. The number of benzene rings is 1. The van der Waals surface area contributed by atoms with Gasteiger partial charge in [-0.1, -0.05) is 0 Å². The Hall–Kier alpha value is -2.11. The van der Waals surface area contributed by atoms with Gasteiger partial charge in [0.2, 0.25) is 5.91 Å². The van der Waals surface area contributed by atoms with E-state index in [2.05, 4.69) is 5.32 Å². The first kappa shape index (κ1) is 14.0. The van der Waals surface area contributed by atoms with Crippen LogP contribution in [-0.4, -0.2) is 17.4 Å². The first-order valence-corrected chi connectivity index (χ1v) is 5.36. The molecule has 0 unspecified atom stereocenters. The molecule has 98 valence electrons. The zero-order valence-electron chi connectivity index (χ0n) is 10.3. The number of hydrogen-bond donors (Lipinski definition) is 3. The SMILES string of the molecule is CC(C)(CC(N)=O)NC(=O)c1cc(N)cc(F)c1. The highest BCUT2D eigenvalue weighted by atomic mass is 19.1. The van der Waals surface area contributed by atoms with Gasteiger partial charge in [0.15, 0.2) is 0 Å². The van der Waals surface area contributed by atoms with Gasteiger partial charge in [-0.25, -0.2) is 4.39 Å². The molecule has 0 fully saturated rings. The van der Waals surface area contributed by atoms with E-state index in [1.807, 2.05) is 0 Å². The van der Waals surface area contributed by atoms with E-state index in [1.54, 1.807) is 13.8 Å². The Kier molecular flexibility index (Phi) is 3.90. The van der Waals surface area contributed by atoms with Crippen LogP contribution >= 0.6 is 0 Å². The predicted octanol–water partition coefficient (Wildman–Crippen LogP) is 0.792. The van der Waals surface area contributed by atoms with E-state index >= 15 is 0 Å². The van der Waals surface area contributed by atoms with Crippen molar-refractivity contribution in [3.8, 4) is 0 Å². The number of primary amides is 1. The molecule has 0 aliphatic heterocycles. The lowest BCUT2D eigenvalue weighted by Crippen LogP contribution is -2.46. The number of nitrogens with two attached hydrogens (primary N) is 2. The molecule has 5 nitrogen and oxygen atoms in total. The predicted molar refractivity (Wildman–Crippen MR) is 66.2 cm³/mol. The molecule has 1 aromatic rings. The molecule has 6 heteroatoms. The number of amides is 2. The van der Waals surface area contributed by atoms with Gasteiger partial charge in [-0.15, -0.1) is 0 Å². The molecule has 0 aliphatic carbocycles. The lowest BCUT2D eigenvalue weighted by atomic mass is 9.99. The Morgan fingerprint density at radius 3 is 2.44 bits per heavy atom. The van der Waals surface area contributed by atoms with E-state index in [4.69, 9.17) is 11.5 Å². The summed E-state index contributed by atoms with van der Waals surface area (Å²) in [5.74, 6) is -1.63. The third kappa shape index (κ3) is 4.04. The number of nitrogen functional groups attached to an aromatic ring is 1. The van der Waals surface area contributed by atoms with Gasteiger partial charge >= 0.3 is 0 Å². The standard InChI is InChI=1S/C12H16FN3O2/c1-12(2,6-10(15)17)16-11(18)7-3-8(13)5-9(14)4-7/h3-5H,6,14H2,1-2H3,(H2,15,17)(H,16,18). The Balaban J connectivity index is 2.85. The summed E-state index contributed by atoms with van der Waals surface area (Å²) >= 11 is 0. The monoisotopic (exact) mass is 253 g/mol. The van der Waals surface area contributed by atoms with Crippen LogP contribution < -0.4 is 16.8 Å². The second-order valence-corrected chi connectivity index (χ2v) is 4.75. The number of nitrogens with one attached hydrogen (secondary N) is 1. The molecule has 5 N–H and O–H groups in total. The highest BCUT2D eigenvalue weighted by Gasteiger charge is 2.23. The second-order valence-electron chi connectivity index (χ2n) is 4.75. The molecule has 0 radical (unpaired) electrons. The fraction of sp³-hybridized carbons (Fsp3) is 0.333. The van der Waals surface area contributed by atoms with Gasteiger partial charge in [-0.3, -0.25) is 9.59 Å². The van der Waals surface area contributed by atoms with E-state index in [9.17, 15) is 14.0 Å². The molecule has 1 rings (SSSR count). The van der Waals surface area contributed by atoms with E-state index in [0.29, 0.717) is 0 Å². The van der Waals surface area contributed by atoms with Crippen molar-refractivity contribution in [3.05, 3.63) is 29.6 Å². The maximum absolute atomic E-state index is 13.1. The van der Waals surface area contributed by atoms with Crippen LogP contribution in [0.3, 0.4) is 0 Å². The topological polar surface area (TPSA) is 98.2 Å². The quantitative estimate of drug-likeness (QED) is 0.692. The highest BCUT2D eigenvalue weighted by Crippen LogP contribution is 2.13. The Morgan fingerprint density at radius 2 is 1.94 bits per heavy atom. The number of carbonyl (C=O) groups is 2. The zero-order valence-corrected chi connectivity index (χ0v) is 10.3. The van der Waals surface area contributed by atoms with Crippen LogP contribution in [0.25, 0.3) is 0 Å². The Bertz CT molecular complexity index is 466. The number of anilines is 1. The average Bonchev–Trinajstić information content (AvgIpc) is 2.12. The summed E-state index contributed by atoms with van der Waals surface area (Å²) in [6.45, 7) is 3.30. The molecule has 0 spiro atoms. The summed E-state index contributed by atoms with van der Waals surface area (Å²) in [4.78, 5) is 22.7. The summed E-state index contributed by atoms with van der Waals surface area (Å²) in [5, 5.41) is 2.60. The van der Waals surface area contributed by atoms with E-state index in [-0.39, 0.29) is 17.7 Å². The van der Waals surface area contributed by atoms with Gasteiger partial charge in [-0.2, -0.15) is 0 Å². The minimum Gasteiger partial charge on any atom is -0.399 e. The molecular formula is C12H16FN3O2.